The van der Waals surface area contributed by atoms with Gasteiger partial charge in [0.05, 0.1) is 33.5 Å². The van der Waals surface area contributed by atoms with Crippen LogP contribution in [0.15, 0.2) is 17.6 Å². The van der Waals surface area contributed by atoms with Crippen LogP contribution in [0.2, 0.25) is 5.02 Å². The Bertz CT molecular complexity index is 559. The third kappa shape index (κ3) is 4.64. The molecule has 2 atom stereocenters. The zero-order valence-corrected chi connectivity index (χ0v) is 14.5. The molecule has 1 amide bonds. The number of ether oxygens (including phenoxy) is 1. The largest absolute Gasteiger partial charge is 0.444 e. The molecule has 0 aliphatic carbocycles. The molecular weight excluding hydrogens is 326 g/mol. The summed E-state index contributed by atoms with van der Waals surface area (Å²) in [6.07, 6.45) is 4.03. The van der Waals surface area contributed by atoms with Gasteiger partial charge >= 0.3 is 6.09 Å². The molecular formula is C14H20ClN3O3S. The van der Waals surface area contributed by atoms with Gasteiger partial charge in [0.1, 0.15) is 5.60 Å². The van der Waals surface area contributed by atoms with Crippen LogP contribution in [0.25, 0.3) is 0 Å². The number of nitrogens with zero attached hydrogens (tertiary/aromatic N) is 3. The molecule has 122 valence electrons. The topological polar surface area (TPSA) is 72.4 Å². The number of halogens is 1. The van der Waals surface area contributed by atoms with E-state index in [1.165, 1.54) is 12.4 Å². The summed E-state index contributed by atoms with van der Waals surface area (Å²) in [6.45, 7) is 6.47. The highest BCUT2D eigenvalue weighted by molar-refractivity contribution is 7.85. The molecule has 1 fully saturated rings. The van der Waals surface area contributed by atoms with Crippen LogP contribution in [0, 0.1) is 0 Å². The average molecular weight is 346 g/mol. The van der Waals surface area contributed by atoms with Gasteiger partial charge < -0.3 is 9.64 Å². The third-order valence-corrected chi connectivity index (χ3v) is 4.87. The summed E-state index contributed by atoms with van der Waals surface area (Å²) >= 11 is 5.73. The SMILES string of the molecule is CC(C)(C)OC(=O)N1CCCC(S(=O)c2ncc(Cl)cn2)C1. The second kappa shape index (κ2) is 6.91. The fourth-order valence-corrected chi connectivity index (χ4v) is 3.56. The van der Waals surface area contributed by atoms with Gasteiger partial charge in [0.2, 0.25) is 5.16 Å². The van der Waals surface area contributed by atoms with Gasteiger partial charge in [0.25, 0.3) is 0 Å². The minimum Gasteiger partial charge on any atom is -0.444 e. The van der Waals surface area contributed by atoms with Crippen LogP contribution in [0.3, 0.4) is 0 Å². The molecule has 1 saturated heterocycles. The lowest BCUT2D eigenvalue weighted by molar-refractivity contribution is 0.0219. The van der Waals surface area contributed by atoms with E-state index in [1.807, 2.05) is 20.8 Å². The molecule has 0 radical (unpaired) electrons. The molecule has 0 aromatic carbocycles. The van der Waals surface area contributed by atoms with Gasteiger partial charge in [0.15, 0.2) is 0 Å². The standard InChI is InChI=1S/C14H20ClN3O3S/c1-14(2,3)21-13(19)18-6-4-5-11(9-18)22(20)12-16-7-10(15)8-17-12/h7-8,11H,4-6,9H2,1-3H3. The van der Waals surface area contributed by atoms with E-state index < -0.39 is 16.4 Å². The van der Waals surface area contributed by atoms with Crippen molar-refractivity contribution in [2.45, 2.75) is 49.6 Å². The molecule has 1 aliphatic rings. The van der Waals surface area contributed by atoms with Crippen molar-refractivity contribution in [1.29, 1.82) is 0 Å². The summed E-state index contributed by atoms with van der Waals surface area (Å²) in [5.41, 5.74) is -0.539. The van der Waals surface area contributed by atoms with E-state index in [2.05, 4.69) is 9.97 Å². The first-order valence-corrected chi connectivity index (χ1v) is 8.71. The summed E-state index contributed by atoms with van der Waals surface area (Å²) in [4.78, 5) is 21.7. The molecule has 22 heavy (non-hydrogen) atoms. The van der Waals surface area contributed by atoms with Gasteiger partial charge in [-0.15, -0.1) is 0 Å². The molecule has 2 rings (SSSR count). The molecule has 1 aliphatic heterocycles. The summed E-state index contributed by atoms with van der Waals surface area (Å²) in [6, 6.07) is 0. The number of carbonyl (C=O) groups is 1. The van der Waals surface area contributed by atoms with Gasteiger partial charge in [0, 0.05) is 13.1 Å². The summed E-state index contributed by atoms with van der Waals surface area (Å²) in [5.74, 6) is 0. The normalized spacial score (nSPS) is 20.5. The van der Waals surface area contributed by atoms with Crippen molar-refractivity contribution in [3.63, 3.8) is 0 Å². The number of aromatic nitrogens is 2. The predicted octanol–water partition coefficient (Wildman–Crippen LogP) is 2.64. The Kier molecular flexibility index (Phi) is 5.39. The van der Waals surface area contributed by atoms with E-state index in [1.54, 1.807) is 4.90 Å². The Morgan fingerprint density at radius 2 is 2.05 bits per heavy atom. The smallest absolute Gasteiger partial charge is 0.410 e. The summed E-state index contributed by atoms with van der Waals surface area (Å²) < 4.78 is 17.9. The number of piperidine rings is 1. The Balaban J connectivity index is 2.02. The van der Waals surface area contributed by atoms with Crippen LogP contribution in [-0.2, 0) is 15.5 Å². The molecule has 1 aromatic heterocycles. The van der Waals surface area contributed by atoms with E-state index in [0.29, 0.717) is 18.1 Å². The summed E-state index contributed by atoms with van der Waals surface area (Å²) in [5, 5.41) is 0.461. The number of carbonyl (C=O) groups excluding carboxylic acids is 1. The zero-order chi connectivity index (χ0) is 16.3. The van der Waals surface area contributed by atoms with Crippen LogP contribution in [-0.4, -0.2) is 49.1 Å². The zero-order valence-electron chi connectivity index (χ0n) is 12.9. The maximum absolute atomic E-state index is 12.5. The van der Waals surface area contributed by atoms with Crippen LogP contribution >= 0.6 is 11.6 Å². The molecule has 2 unspecified atom stereocenters. The van der Waals surface area contributed by atoms with Gasteiger partial charge in [-0.3, -0.25) is 4.21 Å². The van der Waals surface area contributed by atoms with Crippen molar-refractivity contribution in [3.05, 3.63) is 17.4 Å². The second-order valence-corrected chi connectivity index (χ2v) is 8.23. The quantitative estimate of drug-likeness (QED) is 0.770. The number of hydrogen-bond donors (Lipinski definition) is 0. The fraction of sp³-hybridized carbons (Fsp3) is 0.643. The average Bonchev–Trinajstić information content (AvgIpc) is 2.46. The number of rotatable bonds is 2. The molecule has 2 heterocycles. The van der Waals surface area contributed by atoms with E-state index in [0.717, 1.165) is 12.8 Å². The highest BCUT2D eigenvalue weighted by Crippen LogP contribution is 2.21. The number of likely N-dealkylation sites (tertiary alicyclic amines) is 1. The first-order chi connectivity index (χ1) is 10.3. The Morgan fingerprint density at radius 1 is 1.41 bits per heavy atom. The third-order valence-electron chi connectivity index (χ3n) is 3.11. The maximum atomic E-state index is 12.5. The molecule has 0 N–H and O–H groups in total. The van der Waals surface area contributed by atoms with Crippen molar-refractivity contribution in [2.75, 3.05) is 13.1 Å². The van der Waals surface area contributed by atoms with E-state index in [4.69, 9.17) is 16.3 Å². The van der Waals surface area contributed by atoms with Gasteiger partial charge in [-0.2, -0.15) is 0 Å². The maximum Gasteiger partial charge on any atom is 0.410 e. The lowest BCUT2D eigenvalue weighted by Gasteiger charge is -2.33. The highest BCUT2D eigenvalue weighted by atomic mass is 35.5. The molecule has 6 nitrogen and oxygen atoms in total. The van der Waals surface area contributed by atoms with Crippen LogP contribution in [0.4, 0.5) is 4.79 Å². The van der Waals surface area contributed by atoms with E-state index >= 15 is 0 Å². The predicted molar refractivity (Wildman–Crippen MR) is 84.3 cm³/mol. The minimum atomic E-state index is -1.37. The Labute approximate surface area is 137 Å². The summed E-state index contributed by atoms with van der Waals surface area (Å²) in [7, 11) is -1.37. The second-order valence-electron chi connectivity index (χ2n) is 6.17. The Morgan fingerprint density at radius 3 is 2.64 bits per heavy atom. The monoisotopic (exact) mass is 345 g/mol. The van der Waals surface area contributed by atoms with Crippen LogP contribution < -0.4 is 0 Å². The van der Waals surface area contributed by atoms with Crippen LogP contribution in [0.1, 0.15) is 33.6 Å². The molecule has 8 heteroatoms. The van der Waals surface area contributed by atoms with E-state index in [-0.39, 0.29) is 16.5 Å². The number of amides is 1. The van der Waals surface area contributed by atoms with Crippen molar-refractivity contribution in [3.8, 4) is 0 Å². The van der Waals surface area contributed by atoms with Gasteiger partial charge in [-0.25, -0.2) is 14.8 Å². The van der Waals surface area contributed by atoms with Crippen molar-refractivity contribution in [1.82, 2.24) is 14.9 Å². The molecule has 0 spiro atoms. The van der Waals surface area contributed by atoms with Crippen LogP contribution in [0.5, 0.6) is 0 Å². The fourth-order valence-electron chi connectivity index (χ4n) is 2.16. The molecule has 0 bridgehead atoms. The van der Waals surface area contributed by atoms with Crippen molar-refractivity contribution < 1.29 is 13.7 Å². The van der Waals surface area contributed by atoms with Crippen molar-refractivity contribution in [2.24, 2.45) is 0 Å². The van der Waals surface area contributed by atoms with E-state index in [9.17, 15) is 9.00 Å². The Hall–Kier alpha value is -1.21. The first kappa shape index (κ1) is 17.1. The molecule has 0 saturated carbocycles. The number of hydrogen-bond acceptors (Lipinski definition) is 5. The highest BCUT2D eigenvalue weighted by Gasteiger charge is 2.31. The van der Waals surface area contributed by atoms with Crippen molar-refractivity contribution >= 4 is 28.5 Å². The molecule has 1 aromatic rings. The lowest BCUT2D eigenvalue weighted by atomic mass is 10.1. The lowest BCUT2D eigenvalue weighted by Crippen LogP contribution is -2.46. The first-order valence-electron chi connectivity index (χ1n) is 7.12. The minimum absolute atomic E-state index is 0.192. The van der Waals surface area contributed by atoms with Gasteiger partial charge in [-0.05, 0) is 33.6 Å². The van der Waals surface area contributed by atoms with Gasteiger partial charge in [-0.1, -0.05) is 11.6 Å².